The minimum atomic E-state index is -0.869. The van der Waals surface area contributed by atoms with Crippen LogP contribution in [0.25, 0.3) is 0 Å². The van der Waals surface area contributed by atoms with Gasteiger partial charge in [-0.25, -0.2) is 4.79 Å². The zero-order valence-corrected chi connectivity index (χ0v) is 19.7. The van der Waals surface area contributed by atoms with E-state index in [1.54, 1.807) is 7.11 Å². The molecule has 180 valence electrons. The maximum absolute atomic E-state index is 11.8. The van der Waals surface area contributed by atoms with Crippen LogP contribution in [0.2, 0.25) is 0 Å². The van der Waals surface area contributed by atoms with Crippen molar-refractivity contribution < 1.29 is 33.6 Å². The zero-order valence-electron chi connectivity index (χ0n) is 19.7. The number of carboxylic acids is 1. The van der Waals surface area contributed by atoms with Crippen LogP contribution >= 0.6 is 0 Å². The number of rotatable bonds is 12. The highest BCUT2D eigenvalue weighted by Crippen LogP contribution is 2.28. The molecule has 0 saturated heterocycles. The van der Waals surface area contributed by atoms with Gasteiger partial charge in [0.05, 0.1) is 33.4 Å². The van der Waals surface area contributed by atoms with Crippen molar-refractivity contribution in [3.63, 3.8) is 0 Å². The smallest absolute Gasteiger partial charge is 0.412 e. The van der Waals surface area contributed by atoms with Gasteiger partial charge in [-0.3, -0.25) is 10.1 Å². The molecular weight excluding hydrogens is 426 g/mol. The highest BCUT2D eigenvalue weighted by atomic mass is 16.6. The van der Waals surface area contributed by atoms with Crippen molar-refractivity contribution in [1.29, 1.82) is 0 Å². The van der Waals surface area contributed by atoms with Crippen molar-refractivity contribution in [1.82, 2.24) is 0 Å². The third-order valence-corrected chi connectivity index (χ3v) is 4.47. The Bertz CT molecular complexity index is 904. The maximum atomic E-state index is 11.8. The Hall–Kier alpha value is -3.26. The summed E-state index contributed by atoms with van der Waals surface area (Å²) in [6.45, 7) is 6.56. The Morgan fingerprint density at radius 3 is 2.21 bits per heavy atom. The first-order valence-electron chi connectivity index (χ1n) is 10.8. The summed E-state index contributed by atoms with van der Waals surface area (Å²) in [5, 5.41) is 11.3. The number of benzene rings is 2. The van der Waals surface area contributed by atoms with E-state index < -0.39 is 17.7 Å². The lowest BCUT2D eigenvalue weighted by atomic mass is 10.1. The van der Waals surface area contributed by atoms with Crippen molar-refractivity contribution in [2.45, 2.75) is 45.6 Å². The Morgan fingerprint density at radius 1 is 0.909 bits per heavy atom. The molecule has 8 nitrogen and oxygen atoms in total. The largest absolute Gasteiger partial charge is 0.493 e. The van der Waals surface area contributed by atoms with E-state index in [9.17, 15) is 9.59 Å². The van der Waals surface area contributed by atoms with Crippen LogP contribution in [0.15, 0.2) is 42.5 Å². The number of hydrogen-bond donors (Lipinski definition) is 2. The normalized spacial score (nSPS) is 11.0. The lowest BCUT2D eigenvalue weighted by molar-refractivity contribution is -0.138. The molecule has 0 saturated carbocycles. The fraction of sp³-hybridized carbons (Fsp3) is 0.440. The molecule has 1 amide bonds. The molecule has 2 N–H and O–H groups in total. The zero-order chi connectivity index (χ0) is 24.3. The van der Waals surface area contributed by atoms with Gasteiger partial charge in [0.25, 0.3) is 0 Å². The van der Waals surface area contributed by atoms with Crippen molar-refractivity contribution in [3.8, 4) is 11.5 Å². The first-order chi connectivity index (χ1) is 15.7. The summed E-state index contributed by atoms with van der Waals surface area (Å²) in [6, 6.07) is 13.2. The van der Waals surface area contributed by atoms with E-state index in [1.807, 2.05) is 63.2 Å². The van der Waals surface area contributed by atoms with Gasteiger partial charge < -0.3 is 24.1 Å². The van der Waals surface area contributed by atoms with E-state index >= 15 is 0 Å². The molecule has 0 aliphatic carbocycles. The van der Waals surface area contributed by atoms with Crippen molar-refractivity contribution >= 4 is 17.7 Å². The molecule has 0 bridgehead atoms. The molecule has 2 aromatic rings. The monoisotopic (exact) mass is 459 g/mol. The molecule has 2 rings (SSSR count). The number of nitrogens with one attached hydrogen (secondary N) is 1. The second kappa shape index (κ2) is 12.7. The molecule has 0 fully saturated rings. The van der Waals surface area contributed by atoms with Gasteiger partial charge in [-0.05, 0) is 62.6 Å². The second-order valence-corrected chi connectivity index (χ2v) is 8.41. The van der Waals surface area contributed by atoms with Crippen molar-refractivity contribution in [3.05, 3.63) is 53.6 Å². The fourth-order valence-corrected chi connectivity index (χ4v) is 2.89. The summed E-state index contributed by atoms with van der Waals surface area (Å²) in [5.74, 6) is 0.415. The molecule has 0 spiro atoms. The van der Waals surface area contributed by atoms with Crippen LogP contribution in [0, 0.1) is 0 Å². The number of amides is 1. The van der Waals surface area contributed by atoms with Gasteiger partial charge in [0.1, 0.15) is 5.60 Å². The van der Waals surface area contributed by atoms with Gasteiger partial charge in [-0.15, -0.1) is 0 Å². The first kappa shape index (κ1) is 26.0. The van der Waals surface area contributed by atoms with E-state index in [2.05, 4.69) is 5.32 Å². The third-order valence-electron chi connectivity index (χ3n) is 4.47. The van der Waals surface area contributed by atoms with Crippen molar-refractivity contribution in [2.75, 3.05) is 32.2 Å². The average molecular weight is 460 g/mol. The summed E-state index contributed by atoms with van der Waals surface area (Å²) in [4.78, 5) is 22.3. The van der Waals surface area contributed by atoms with Gasteiger partial charge in [0.2, 0.25) is 0 Å². The summed E-state index contributed by atoms with van der Waals surface area (Å²) >= 11 is 0. The SMILES string of the molecule is COc1cc(CCOCCC(=O)O)ccc1OCCc1ccc(NC(=O)OC(C)(C)C)cc1. The summed E-state index contributed by atoms with van der Waals surface area (Å²) in [7, 11) is 1.59. The highest BCUT2D eigenvalue weighted by molar-refractivity contribution is 5.84. The molecule has 0 radical (unpaired) electrons. The average Bonchev–Trinajstić information content (AvgIpc) is 2.73. The molecule has 0 aromatic heterocycles. The molecule has 0 unspecified atom stereocenters. The lowest BCUT2D eigenvalue weighted by Gasteiger charge is -2.19. The van der Waals surface area contributed by atoms with E-state index in [4.69, 9.17) is 24.1 Å². The van der Waals surface area contributed by atoms with E-state index in [1.165, 1.54) is 0 Å². The maximum Gasteiger partial charge on any atom is 0.412 e. The number of anilines is 1. The topological polar surface area (TPSA) is 103 Å². The first-order valence-corrected chi connectivity index (χ1v) is 10.8. The molecule has 0 aliphatic rings. The number of carboxylic acid groups (broad SMARTS) is 1. The van der Waals surface area contributed by atoms with E-state index in [0.717, 1.165) is 11.1 Å². The van der Waals surface area contributed by atoms with Crippen LogP contribution in [0.1, 0.15) is 38.3 Å². The summed E-state index contributed by atoms with van der Waals surface area (Å²) in [6.07, 6.45) is 0.856. The number of carbonyl (C=O) groups is 2. The molecule has 0 heterocycles. The quantitative estimate of drug-likeness (QED) is 0.444. The second-order valence-electron chi connectivity index (χ2n) is 8.41. The molecule has 2 aromatic carbocycles. The highest BCUT2D eigenvalue weighted by Gasteiger charge is 2.16. The van der Waals surface area contributed by atoms with Crippen LogP contribution < -0.4 is 14.8 Å². The predicted molar refractivity (Wildman–Crippen MR) is 125 cm³/mol. The van der Waals surface area contributed by atoms with Crippen LogP contribution in [0.3, 0.4) is 0 Å². The number of carbonyl (C=O) groups excluding carboxylic acids is 1. The summed E-state index contributed by atoms with van der Waals surface area (Å²) in [5.41, 5.74) is 2.20. The Morgan fingerprint density at radius 2 is 1.58 bits per heavy atom. The summed E-state index contributed by atoms with van der Waals surface area (Å²) < 4.78 is 21.9. The van der Waals surface area contributed by atoms with E-state index in [-0.39, 0.29) is 13.0 Å². The van der Waals surface area contributed by atoms with Crippen molar-refractivity contribution in [2.24, 2.45) is 0 Å². The van der Waals surface area contributed by atoms with Gasteiger partial charge >= 0.3 is 12.1 Å². The standard InChI is InChI=1S/C25H33NO7/c1-25(2,3)33-24(29)26-20-8-5-18(6-9-20)12-16-32-21-10-7-19(17-22(21)30-4)11-14-31-15-13-23(27)28/h5-10,17H,11-16H2,1-4H3,(H,26,29)(H,27,28). The predicted octanol–water partition coefficient (Wildman–Crippen LogP) is 4.70. The number of aliphatic carboxylic acids is 1. The van der Waals surface area contributed by atoms with Crippen LogP contribution in [-0.2, 0) is 27.1 Å². The molecule has 33 heavy (non-hydrogen) atoms. The molecule has 8 heteroatoms. The number of hydrogen-bond acceptors (Lipinski definition) is 6. The van der Waals surface area contributed by atoms with Gasteiger partial charge in [0.15, 0.2) is 11.5 Å². The van der Waals surface area contributed by atoms with Gasteiger partial charge in [0, 0.05) is 12.1 Å². The Kier molecular flexibility index (Phi) is 10.00. The van der Waals surface area contributed by atoms with Gasteiger partial charge in [-0.2, -0.15) is 0 Å². The minimum Gasteiger partial charge on any atom is -0.493 e. The molecule has 0 atom stereocenters. The van der Waals surface area contributed by atoms with Crippen LogP contribution in [-0.4, -0.2) is 49.7 Å². The number of methoxy groups -OCH3 is 1. The van der Waals surface area contributed by atoms with Crippen LogP contribution in [0.4, 0.5) is 10.5 Å². The number of ether oxygens (including phenoxy) is 4. The van der Waals surface area contributed by atoms with E-state index in [0.29, 0.717) is 43.2 Å². The lowest BCUT2D eigenvalue weighted by Crippen LogP contribution is -2.27. The fourth-order valence-electron chi connectivity index (χ4n) is 2.89. The Balaban J connectivity index is 1.79. The molecule has 0 aliphatic heterocycles. The van der Waals surface area contributed by atoms with Gasteiger partial charge in [-0.1, -0.05) is 18.2 Å². The minimum absolute atomic E-state index is 0.000914. The Labute approximate surface area is 194 Å². The third kappa shape index (κ3) is 10.3. The molecular formula is C25H33NO7. The van der Waals surface area contributed by atoms with Crippen LogP contribution in [0.5, 0.6) is 11.5 Å².